The van der Waals surface area contributed by atoms with Gasteiger partial charge in [-0.15, -0.1) is 0 Å². The molecule has 0 atom stereocenters. The van der Waals surface area contributed by atoms with Gasteiger partial charge in [0.15, 0.2) is 0 Å². The van der Waals surface area contributed by atoms with Crippen LogP contribution in [-0.4, -0.2) is 35.3 Å². The van der Waals surface area contributed by atoms with Gasteiger partial charge in [0.05, 0.1) is 6.04 Å². The van der Waals surface area contributed by atoms with Gasteiger partial charge in [0, 0.05) is 17.3 Å². The molecule has 0 N–H and O–H groups in total. The summed E-state index contributed by atoms with van der Waals surface area (Å²) in [5.41, 5.74) is 1.61. The Bertz CT molecular complexity index is 428. The third-order valence-electron chi connectivity index (χ3n) is 4.52. The van der Waals surface area contributed by atoms with E-state index < -0.39 is 0 Å². The third kappa shape index (κ3) is 3.24. The average molecular weight is 258 g/mol. The van der Waals surface area contributed by atoms with Crippen molar-refractivity contribution in [2.75, 3.05) is 7.05 Å². The van der Waals surface area contributed by atoms with Crippen LogP contribution in [0.4, 0.5) is 0 Å². The smallest absolute Gasteiger partial charge is 0.0534 e. The molecule has 2 heteroatoms. The van der Waals surface area contributed by atoms with E-state index in [0.717, 1.165) is 12.8 Å². The van der Waals surface area contributed by atoms with E-state index in [1.807, 2.05) is 12.3 Å². The normalized spacial score (nSPS) is 23.8. The average Bonchev–Trinajstić information content (AvgIpc) is 2.34. The summed E-state index contributed by atoms with van der Waals surface area (Å²) in [5, 5.41) is 0. The molecule has 0 bridgehead atoms. The van der Waals surface area contributed by atoms with Crippen molar-refractivity contribution in [1.29, 1.82) is 0 Å². The molecule has 0 aromatic heterocycles. The minimum atomic E-state index is 0.209. The number of likely N-dealkylation sites (tertiary alicyclic amines) is 1. The summed E-state index contributed by atoms with van der Waals surface area (Å²) in [4.78, 5) is 7.32. The summed E-state index contributed by atoms with van der Waals surface area (Å²) in [7, 11) is 2.23. The van der Waals surface area contributed by atoms with Crippen LogP contribution in [0, 0.1) is 0 Å². The fourth-order valence-corrected chi connectivity index (χ4v) is 3.15. The van der Waals surface area contributed by atoms with Crippen LogP contribution in [0.5, 0.6) is 0 Å². The first-order valence-corrected chi connectivity index (χ1v) is 7.13. The molecule has 0 unspecified atom stereocenters. The van der Waals surface area contributed by atoms with Crippen molar-refractivity contribution in [2.24, 2.45) is 4.99 Å². The van der Waals surface area contributed by atoms with Crippen molar-refractivity contribution in [3.05, 3.63) is 35.9 Å². The fourth-order valence-electron chi connectivity index (χ4n) is 3.15. The van der Waals surface area contributed by atoms with Crippen LogP contribution in [0.15, 0.2) is 35.3 Å². The van der Waals surface area contributed by atoms with Gasteiger partial charge in [0.1, 0.15) is 0 Å². The van der Waals surface area contributed by atoms with Crippen LogP contribution in [0.25, 0.3) is 0 Å². The van der Waals surface area contributed by atoms with Gasteiger partial charge in [-0.05, 0) is 53.1 Å². The molecule has 0 amide bonds. The number of piperidine rings is 1. The maximum Gasteiger partial charge on any atom is 0.0534 e. The second-order valence-corrected chi connectivity index (χ2v) is 6.93. The Hall–Kier alpha value is -1.15. The van der Waals surface area contributed by atoms with Crippen molar-refractivity contribution < 1.29 is 0 Å². The zero-order valence-corrected chi connectivity index (χ0v) is 12.9. The first-order chi connectivity index (χ1) is 8.81. The van der Waals surface area contributed by atoms with Crippen molar-refractivity contribution in [1.82, 2.24) is 4.90 Å². The number of hydrogen-bond acceptors (Lipinski definition) is 2. The van der Waals surface area contributed by atoms with Crippen molar-refractivity contribution in [3.63, 3.8) is 0 Å². The third-order valence-corrected chi connectivity index (χ3v) is 4.52. The summed E-state index contributed by atoms with van der Waals surface area (Å²) >= 11 is 0. The van der Waals surface area contributed by atoms with E-state index >= 15 is 0 Å². The van der Waals surface area contributed by atoms with Crippen molar-refractivity contribution in [2.45, 2.75) is 57.7 Å². The Balaban J connectivity index is 2.12. The van der Waals surface area contributed by atoms with Gasteiger partial charge in [0.25, 0.3) is 0 Å². The highest BCUT2D eigenvalue weighted by molar-refractivity contribution is 5.79. The molecule has 104 valence electrons. The van der Waals surface area contributed by atoms with E-state index in [1.54, 1.807) is 0 Å². The van der Waals surface area contributed by atoms with E-state index in [2.05, 4.69) is 63.9 Å². The lowest BCUT2D eigenvalue weighted by Gasteiger charge is -2.52. The maximum atomic E-state index is 4.83. The number of rotatable bonds is 2. The predicted molar refractivity (Wildman–Crippen MR) is 83.0 cm³/mol. The van der Waals surface area contributed by atoms with Crippen LogP contribution in [-0.2, 0) is 0 Å². The lowest BCUT2D eigenvalue weighted by Crippen LogP contribution is -2.59. The summed E-state index contributed by atoms with van der Waals surface area (Å²) in [6.45, 7) is 9.27. The fraction of sp³-hybridized carbons (Fsp3) is 0.588. The molecule has 1 aromatic rings. The van der Waals surface area contributed by atoms with Gasteiger partial charge < -0.3 is 0 Å². The molecule has 1 aliphatic heterocycles. The molecule has 19 heavy (non-hydrogen) atoms. The maximum absolute atomic E-state index is 4.83. The topological polar surface area (TPSA) is 15.6 Å². The van der Waals surface area contributed by atoms with Gasteiger partial charge in [-0.2, -0.15) is 0 Å². The molecule has 0 spiro atoms. The van der Waals surface area contributed by atoms with Gasteiger partial charge >= 0.3 is 0 Å². The lowest BCUT2D eigenvalue weighted by molar-refractivity contribution is -0.0106. The Morgan fingerprint density at radius 3 is 2.11 bits per heavy atom. The molecule has 1 aromatic carbocycles. The Morgan fingerprint density at radius 2 is 1.58 bits per heavy atom. The number of aliphatic imine (C=N–C) groups is 1. The molecule has 1 saturated heterocycles. The Morgan fingerprint density at radius 1 is 1.05 bits per heavy atom. The second kappa shape index (κ2) is 5.09. The number of benzene rings is 1. The molecular weight excluding hydrogens is 232 g/mol. The molecule has 2 nitrogen and oxygen atoms in total. The van der Waals surface area contributed by atoms with Gasteiger partial charge in [-0.1, -0.05) is 30.3 Å². The molecule has 2 rings (SSSR count). The highest BCUT2D eigenvalue weighted by atomic mass is 15.2. The van der Waals surface area contributed by atoms with Gasteiger partial charge in [-0.25, -0.2) is 0 Å². The molecule has 1 heterocycles. The standard InChI is InChI=1S/C17H26N2/c1-16(2)11-15(12-17(3,4)19(16)5)18-13-14-9-7-6-8-10-14/h6-10,13,15H,11-12H2,1-5H3. The highest BCUT2D eigenvalue weighted by Gasteiger charge is 2.42. The van der Waals surface area contributed by atoms with E-state index in [-0.39, 0.29) is 11.1 Å². The summed E-state index contributed by atoms with van der Waals surface area (Å²) in [5.74, 6) is 0. The SMILES string of the molecule is CN1C(C)(C)CC(N=Cc2ccccc2)CC1(C)C. The van der Waals surface area contributed by atoms with Crippen LogP contribution in [0.3, 0.4) is 0 Å². The number of hydrogen-bond donors (Lipinski definition) is 0. The second-order valence-electron chi connectivity index (χ2n) is 6.93. The highest BCUT2D eigenvalue weighted by Crippen LogP contribution is 2.37. The first kappa shape index (κ1) is 14.3. The van der Waals surface area contributed by atoms with Crippen molar-refractivity contribution in [3.8, 4) is 0 Å². The van der Waals surface area contributed by atoms with E-state index in [4.69, 9.17) is 4.99 Å². The summed E-state index contributed by atoms with van der Waals surface area (Å²) < 4.78 is 0. The van der Waals surface area contributed by atoms with Crippen molar-refractivity contribution >= 4 is 6.21 Å². The summed E-state index contributed by atoms with van der Waals surface area (Å²) in [6.07, 6.45) is 4.27. The predicted octanol–water partition coefficient (Wildman–Crippen LogP) is 3.76. The van der Waals surface area contributed by atoms with E-state index in [1.165, 1.54) is 5.56 Å². The zero-order valence-electron chi connectivity index (χ0n) is 12.9. The molecule has 0 saturated carbocycles. The minimum Gasteiger partial charge on any atom is -0.296 e. The van der Waals surface area contributed by atoms with Crippen LogP contribution in [0.2, 0.25) is 0 Å². The van der Waals surface area contributed by atoms with Gasteiger partial charge in [-0.3, -0.25) is 9.89 Å². The van der Waals surface area contributed by atoms with E-state index in [0.29, 0.717) is 6.04 Å². The molecule has 0 radical (unpaired) electrons. The first-order valence-electron chi connectivity index (χ1n) is 7.13. The molecule has 1 aliphatic rings. The Kier molecular flexibility index (Phi) is 3.82. The zero-order chi connectivity index (χ0) is 14.1. The van der Waals surface area contributed by atoms with Crippen LogP contribution >= 0.6 is 0 Å². The lowest BCUT2D eigenvalue weighted by atomic mass is 9.78. The molecule has 1 fully saturated rings. The van der Waals surface area contributed by atoms with E-state index in [9.17, 15) is 0 Å². The van der Waals surface area contributed by atoms with Crippen LogP contribution < -0.4 is 0 Å². The quantitative estimate of drug-likeness (QED) is 0.738. The molecule has 0 aliphatic carbocycles. The largest absolute Gasteiger partial charge is 0.296 e. The minimum absolute atomic E-state index is 0.209. The summed E-state index contributed by atoms with van der Waals surface area (Å²) in [6, 6.07) is 10.8. The molecular formula is C17H26N2. The van der Waals surface area contributed by atoms with Gasteiger partial charge in [0.2, 0.25) is 0 Å². The Labute approximate surface area is 117 Å². The monoisotopic (exact) mass is 258 g/mol. The van der Waals surface area contributed by atoms with Crippen LogP contribution in [0.1, 0.15) is 46.1 Å². The number of nitrogens with zero attached hydrogens (tertiary/aromatic N) is 2.